The predicted molar refractivity (Wildman–Crippen MR) is 257 cm³/mol. The van der Waals surface area contributed by atoms with Crippen molar-refractivity contribution >= 4 is 11.8 Å². The Labute approximate surface area is 374 Å². The zero-order chi connectivity index (χ0) is 43.6. The summed E-state index contributed by atoms with van der Waals surface area (Å²) >= 11 is 0. The lowest BCUT2D eigenvalue weighted by Gasteiger charge is -2.31. The standard InChI is InChI=1S/C53H104N2O5/c1-5-9-13-17-19-24-33-49(32-22-15-11-7-3)46-52(57)48-59-44-31-29-39-54(40-41-55(42-43-56)51-36-26-27-37-51)38-28-21-30-45-60-53(58)47-50(34-23-16-12-8-4)35-25-20-18-14-10-6-2/h49-51,56H,5-48H2,1-4H3. The van der Waals surface area contributed by atoms with E-state index in [1.165, 1.54) is 180 Å². The minimum atomic E-state index is 0.0123. The molecule has 356 valence electrons. The van der Waals surface area contributed by atoms with E-state index in [-0.39, 0.29) is 19.2 Å². The van der Waals surface area contributed by atoms with E-state index in [4.69, 9.17) is 9.47 Å². The van der Waals surface area contributed by atoms with Crippen LogP contribution >= 0.6 is 0 Å². The van der Waals surface area contributed by atoms with Gasteiger partial charge < -0.3 is 19.5 Å². The molecule has 7 heteroatoms. The molecule has 1 rings (SSSR count). The molecule has 2 atom stereocenters. The van der Waals surface area contributed by atoms with Crippen LogP contribution in [0.5, 0.6) is 0 Å². The maximum absolute atomic E-state index is 13.0. The van der Waals surface area contributed by atoms with Gasteiger partial charge in [0.25, 0.3) is 0 Å². The van der Waals surface area contributed by atoms with Crippen LogP contribution in [0.25, 0.3) is 0 Å². The Morgan fingerprint density at radius 3 is 1.50 bits per heavy atom. The number of Topliss-reactive ketones (excluding diaryl/α,β-unsaturated/α-hetero) is 1. The third-order valence-corrected chi connectivity index (χ3v) is 13.4. The fourth-order valence-corrected chi connectivity index (χ4v) is 9.52. The normalized spacial score (nSPS) is 14.4. The summed E-state index contributed by atoms with van der Waals surface area (Å²) in [5.74, 6) is 1.31. The lowest BCUT2D eigenvalue weighted by atomic mass is 9.90. The zero-order valence-electron chi connectivity index (χ0n) is 40.8. The lowest BCUT2D eigenvalue weighted by molar-refractivity contribution is -0.145. The molecule has 1 fully saturated rings. The summed E-state index contributed by atoms with van der Waals surface area (Å²) in [5.41, 5.74) is 0. The number of hydrogen-bond donors (Lipinski definition) is 1. The Hall–Kier alpha value is -1.02. The summed E-state index contributed by atoms with van der Waals surface area (Å²) in [6, 6.07) is 0.614. The number of rotatable bonds is 47. The largest absolute Gasteiger partial charge is 0.466 e. The number of ketones is 1. The maximum atomic E-state index is 13.0. The van der Waals surface area contributed by atoms with Crippen molar-refractivity contribution in [2.75, 3.05) is 59.2 Å². The first kappa shape index (κ1) is 57.0. The van der Waals surface area contributed by atoms with E-state index in [0.29, 0.717) is 49.7 Å². The Morgan fingerprint density at radius 1 is 0.517 bits per heavy atom. The summed E-state index contributed by atoms with van der Waals surface area (Å²) in [6.07, 6.45) is 42.2. The van der Waals surface area contributed by atoms with E-state index in [1.807, 2.05) is 0 Å². The van der Waals surface area contributed by atoms with Crippen molar-refractivity contribution in [2.45, 2.75) is 258 Å². The number of ether oxygens (including phenoxy) is 2. The molecule has 1 N–H and O–H groups in total. The molecule has 0 saturated heterocycles. The van der Waals surface area contributed by atoms with Gasteiger partial charge in [-0.05, 0) is 82.7 Å². The number of aliphatic hydroxyl groups excluding tert-OH is 1. The van der Waals surface area contributed by atoms with Gasteiger partial charge in [0.15, 0.2) is 5.78 Å². The Kier molecular flexibility index (Phi) is 41.1. The third kappa shape index (κ3) is 34.5. The highest BCUT2D eigenvalue weighted by Crippen LogP contribution is 2.25. The van der Waals surface area contributed by atoms with Crippen LogP contribution in [-0.2, 0) is 19.1 Å². The first-order valence-corrected chi connectivity index (χ1v) is 26.8. The van der Waals surface area contributed by atoms with Crippen molar-refractivity contribution in [3.05, 3.63) is 0 Å². The molecular weight excluding hydrogens is 745 g/mol. The van der Waals surface area contributed by atoms with Gasteiger partial charge in [-0.25, -0.2) is 0 Å². The Balaban J connectivity index is 2.50. The van der Waals surface area contributed by atoms with Crippen molar-refractivity contribution in [1.82, 2.24) is 9.80 Å². The van der Waals surface area contributed by atoms with E-state index < -0.39 is 0 Å². The summed E-state index contributed by atoms with van der Waals surface area (Å²) in [4.78, 5) is 31.0. The second kappa shape index (κ2) is 43.2. The molecule has 60 heavy (non-hydrogen) atoms. The Morgan fingerprint density at radius 2 is 0.967 bits per heavy atom. The van der Waals surface area contributed by atoms with Gasteiger partial charge in [0.05, 0.1) is 13.2 Å². The molecule has 0 amide bonds. The fourth-order valence-electron chi connectivity index (χ4n) is 9.52. The van der Waals surface area contributed by atoms with Crippen LogP contribution in [0.15, 0.2) is 0 Å². The van der Waals surface area contributed by atoms with Crippen molar-refractivity contribution in [3.63, 3.8) is 0 Å². The van der Waals surface area contributed by atoms with Gasteiger partial charge in [0.1, 0.15) is 6.61 Å². The highest BCUT2D eigenvalue weighted by Gasteiger charge is 2.23. The topological polar surface area (TPSA) is 79.3 Å². The first-order valence-electron chi connectivity index (χ1n) is 26.8. The van der Waals surface area contributed by atoms with E-state index in [0.717, 1.165) is 64.8 Å². The van der Waals surface area contributed by atoms with Gasteiger partial charge in [-0.1, -0.05) is 182 Å². The Bertz CT molecular complexity index is 869. The smallest absolute Gasteiger partial charge is 0.306 e. The molecule has 7 nitrogen and oxygen atoms in total. The molecule has 2 unspecified atom stereocenters. The quantitative estimate of drug-likeness (QED) is 0.0483. The summed E-state index contributed by atoms with van der Waals surface area (Å²) in [6.45, 7) is 15.6. The van der Waals surface area contributed by atoms with E-state index in [1.54, 1.807) is 0 Å². The zero-order valence-corrected chi connectivity index (χ0v) is 40.8. The number of unbranched alkanes of at least 4 members (excludes halogenated alkanes) is 19. The molecule has 1 aliphatic carbocycles. The van der Waals surface area contributed by atoms with Crippen LogP contribution in [0, 0.1) is 11.8 Å². The molecule has 0 heterocycles. The van der Waals surface area contributed by atoms with Crippen LogP contribution < -0.4 is 0 Å². The molecule has 0 aromatic heterocycles. The average Bonchev–Trinajstić information content (AvgIpc) is 3.79. The highest BCUT2D eigenvalue weighted by molar-refractivity contribution is 5.79. The van der Waals surface area contributed by atoms with Gasteiger partial charge in [-0.3, -0.25) is 14.5 Å². The monoisotopic (exact) mass is 849 g/mol. The van der Waals surface area contributed by atoms with Gasteiger partial charge in [-0.2, -0.15) is 0 Å². The molecule has 1 aliphatic rings. The fraction of sp³-hybridized carbons (Fsp3) is 0.962. The van der Waals surface area contributed by atoms with Gasteiger partial charge in [0, 0.05) is 45.1 Å². The third-order valence-electron chi connectivity index (χ3n) is 13.4. The van der Waals surface area contributed by atoms with Crippen LogP contribution in [0.1, 0.15) is 252 Å². The van der Waals surface area contributed by atoms with E-state index in [9.17, 15) is 14.7 Å². The van der Waals surface area contributed by atoms with Gasteiger partial charge in [0.2, 0.25) is 0 Å². The number of esters is 1. The minimum absolute atomic E-state index is 0.0123. The number of hydrogen-bond acceptors (Lipinski definition) is 7. The van der Waals surface area contributed by atoms with Crippen LogP contribution in [0.4, 0.5) is 0 Å². The molecule has 0 aliphatic heterocycles. The van der Waals surface area contributed by atoms with Gasteiger partial charge >= 0.3 is 5.97 Å². The number of carbonyl (C=O) groups is 2. The van der Waals surface area contributed by atoms with Crippen molar-refractivity contribution in [2.24, 2.45) is 11.8 Å². The highest BCUT2D eigenvalue weighted by atomic mass is 16.5. The number of nitrogens with zero attached hydrogens (tertiary/aromatic N) is 2. The average molecular weight is 849 g/mol. The molecule has 0 aromatic rings. The van der Waals surface area contributed by atoms with Crippen LogP contribution in [0.2, 0.25) is 0 Å². The molecule has 0 radical (unpaired) electrons. The van der Waals surface area contributed by atoms with E-state index in [2.05, 4.69) is 37.5 Å². The minimum Gasteiger partial charge on any atom is -0.466 e. The van der Waals surface area contributed by atoms with E-state index >= 15 is 0 Å². The van der Waals surface area contributed by atoms with Crippen LogP contribution in [-0.4, -0.2) is 91.9 Å². The summed E-state index contributed by atoms with van der Waals surface area (Å²) in [7, 11) is 0. The molecule has 1 saturated carbocycles. The molecular formula is C53H104N2O5. The first-order chi connectivity index (χ1) is 29.5. The predicted octanol–water partition coefficient (Wildman–Crippen LogP) is 14.1. The summed E-state index contributed by atoms with van der Waals surface area (Å²) in [5, 5.41) is 9.82. The van der Waals surface area contributed by atoms with Crippen LogP contribution in [0.3, 0.4) is 0 Å². The number of carbonyl (C=O) groups excluding carboxylic acids is 2. The van der Waals surface area contributed by atoms with Crippen molar-refractivity contribution < 1.29 is 24.2 Å². The van der Waals surface area contributed by atoms with Gasteiger partial charge in [-0.15, -0.1) is 0 Å². The van der Waals surface area contributed by atoms with Crippen molar-refractivity contribution in [3.8, 4) is 0 Å². The lowest BCUT2D eigenvalue weighted by Crippen LogP contribution is -2.42. The maximum Gasteiger partial charge on any atom is 0.306 e. The van der Waals surface area contributed by atoms with Crippen molar-refractivity contribution in [1.29, 1.82) is 0 Å². The molecule has 0 bridgehead atoms. The number of aliphatic hydroxyl groups is 1. The molecule has 0 aromatic carbocycles. The SMILES string of the molecule is CCCCCCCCC(CCCCCC)CC(=O)COCCCCN(CCCCCOC(=O)CC(CCCCCC)CCCCCCCC)CCN(CCO)C1CCCC1. The second-order valence-corrected chi connectivity index (χ2v) is 19.1. The second-order valence-electron chi connectivity index (χ2n) is 19.1. The summed E-state index contributed by atoms with van der Waals surface area (Å²) < 4.78 is 11.8. The molecule has 0 spiro atoms.